The normalized spacial score (nSPS) is 10.7. The van der Waals surface area contributed by atoms with E-state index in [1.165, 1.54) is 16.3 Å². The molecule has 0 saturated carbocycles. The highest BCUT2D eigenvalue weighted by atomic mass is 15.3. The molecule has 0 aliphatic heterocycles. The Balaban J connectivity index is 1.78. The first-order valence-electron chi connectivity index (χ1n) is 6.02. The van der Waals surface area contributed by atoms with E-state index in [2.05, 4.69) is 52.9 Å². The van der Waals surface area contributed by atoms with Gasteiger partial charge in [-0.05, 0) is 22.4 Å². The minimum absolute atomic E-state index is 0.793. The molecule has 0 bridgehead atoms. The monoisotopic (exact) mass is 237 g/mol. The SMILES string of the molecule is Cn1ccc(NCc2ccc3ccccc3c2)n1. The van der Waals surface area contributed by atoms with Gasteiger partial charge in [0, 0.05) is 25.9 Å². The summed E-state index contributed by atoms with van der Waals surface area (Å²) in [5, 5.41) is 10.2. The third kappa shape index (κ3) is 2.20. The quantitative estimate of drug-likeness (QED) is 0.758. The highest BCUT2D eigenvalue weighted by Crippen LogP contribution is 2.16. The lowest BCUT2D eigenvalue weighted by Gasteiger charge is -2.05. The second kappa shape index (κ2) is 4.53. The molecule has 3 nitrogen and oxygen atoms in total. The zero-order chi connectivity index (χ0) is 12.4. The van der Waals surface area contributed by atoms with Gasteiger partial charge in [-0.1, -0.05) is 36.4 Å². The lowest BCUT2D eigenvalue weighted by Crippen LogP contribution is -2.00. The molecule has 1 N–H and O–H groups in total. The Morgan fingerprint density at radius 3 is 2.67 bits per heavy atom. The van der Waals surface area contributed by atoms with Gasteiger partial charge in [0.05, 0.1) is 0 Å². The summed E-state index contributed by atoms with van der Waals surface area (Å²) in [4.78, 5) is 0. The van der Waals surface area contributed by atoms with E-state index in [-0.39, 0.29) is 0 Å². The largest absolute Gasteiger partial charge is 0.365 e. The Labute approximate surface area is 106 Å². The van der Waals surface area contributed by atoms with Crippen molar-refractivity contribution >= 4 is 16.6 Å². The molecule has 0 spiro atoms. The van der Waals surface area contributed by atoms with Crippen molar-refractivity contribution in [1.29, 1.82) is 0 Å². The van der Waals surface area contributed by atoms with Gasteiger partial charge in [0.2, 0.25) is 0 Å². The number of nitrogens with zero attached hydrogens (tertiary/aromatic N) is 2. The summed E-state index contributed by atoms with van der Waals surface area (Å²) in [6.07, 6.45) is 1.93. The molecule has 1 aromatic heterocycles. The molecule has 1 heterocycles. The lowest BCUT2D eigenvalue weighted by molar-refractivity contribution is 0.768. The van der Waals surface area contributed by atoms with Gasteiger partial charge in [0.15, 0.2) is 0 Å². The third-order valence-electron chi connectivity index (χ3n) is 3.00. The maximum Gasteiger partial charge on any atom is 0.148 e. The summed E-state index contributed by atoms with van der Waals surface area (Å²) in [5.41, 5.74) is 1.26. The molecule has 3 rings (SSSR count). The average Bonchev–Trinajstić information content (AvgIpc) is 2.82. The molecular weight excluding hydrogens is 222 g/mol. The first kappa shape index (κ1) is 10.8. The van der Waals surface area contributed by atoms with Gasteiger partial charge in [-0.25, -0.2) is 0 Å². The molecule has 18 heavy (non-hydrogen) atoms. The predicted molar refractivity (Wildman–Crippen MR) is 74.5 cm³/mol. The number of nitrogens with one attached hydrogen (secondary N) is 1. The van der Waals surface area contributed by atoms with Crippen LogP contribution in [0.2, 0.25) is 0 Å². The third-order valence-corrected chi connectivity index (χ3v) is 3.00. The van der Waals surface area contributed by atoms with Crippen LogP contribution in [0.3, 0.4) is 0 Å². The van der Waals surface area contributed by atoms with Crippen LogP contribution in [0.25, 0.3) is 10.8 Å². The van der Waals surface area contributed by atoms with Gasteiger partial charge in [-0.15, -0.1) is 0 Å². The van der Waals surface area contributed by atoms with Crippen LogP contribution in [0, 0.1) is 0 Å². The van der Waals surface area contributed by atoms with Crippen molar-refractivity contribution < 1.29 is 0 Å². The standard InChI is InChI=1S/C15H15N3/c1-18-9-8-15(17-18)16-11-12-6-7-13-4-2-3-5-14(13)10-12/h2-10H,11H2,1H3,(H,16,17). The van der Waals surface area contributed by atoms with Crippen LogP contribution in [0.4, 0.5) is 5.82 Å². The van der Waals surface area contributed by atoms with Crippen LogP contribution in [0.1, 0.15) is 5.56 Å². The minimum Gasteiger partial charge on any atom is -0.365 e. The van der Waals surface area contributed by atoms with Crippen molar-refractivity contribution in [3.8, 4) is 0 Å². The molecule has 0 amide bonds. The Bertz CT molecular complexity index is 670. The summed E-state index contributed by atoms with van der Waals surface area (Å²) in [6.45, 7) is 0.793. The Kier molecular flexibility index (Phi) is 2.73. The summed E-state index contributed by atoms with van der Waals surface area (Å²) in [5.74, 6) is 0.908. The van der Waals surface area contributed by atoms with E-state index in [0.29, 0.717) is 0 Å². The van der Waals surface area contributed by atoms with Gasteiger partial charge in [0.1, 0.15) is 5.82 Å². The highest BCUT2D eigenvalue weighted by Gasteiger charge is 1.98. The zero-order valence-corrected chi connectivity index (χ0v) is 10.3. The molecule has 3 aromatic rings. The Morgan fingerprint density at radius 2 is 1.89 bits per heavy atom. The van der Waals surface area contributed by atoms with Gasteiger partial charge in [0.25, 0.3) is 0 Å². The summed E-state index contributed by atoms with van der Waals surface area (Å²) >= 11 is 0. The van der Waals surface area contributed by atoms with Crippen LogP contribution in [0.15, 0.2) is 54.7 Å². The molecule has 0 saturated heterocycles. The van der Waals surface area contributed by atoms with E-state index in [1.807, 2.05) is 19.3 Å². The first-order valence-corrected chi connectivity index (χ1v) is 6.02. The fourth-order valence-corrected chi connectivity index (χ4v) is 2.05. The number of hydrogen-bond donors (Lipinski definition) is 1. The molecule has 2 aromatic carbocycles. The van der Waals surface area contributed by atoms with E-state index in [9.17, 15) is 0 Å². The first-order chi connectivity index (χ1) is 8.81. The fourth-order valence-electron chi connectivity index (χ4n) is 2.05. The molecule has 0 radical (unpaired) electrons. The van der Waals surface area contributed by atoms with Crippen LogP contribution in [0.5, 0.6) is 0 Å². The maximum atomic E-state index is 4.29. The zero-order valence-electron chi connectivity index (χ0n) is 10.3. The van der Waals surface area contributed by atoms with Crippen molar-refractivity contribution in [3.05, 3.63) is 60.3 Å². The number of aromatic nitrogens is 2. The summed E-state index contributed by atoms with van der Waals surface area (Å²) < 4.78 is 1.79. The highest BCUT2D eigenvalue weighted by molar-refractivity contribution is 5.83. The van der Waals surface area contributed by atoms with E-state index in [0.717, 1.165) is 12.4 Å². The van der Waals surface area contributed by atoms with Crippen molar-refractivity contribution in [3.63, 3.8) is 0 Å². The van der Waals surface area contributed by atoms with Gasteiger partial charge < -0.3 is 5.32 Å². The van der Waals surface area contributed by atoms with Crippen LogP contribution in [-0.2, 0) is 13.6 Å². The summed E-state index contributed by atoms with van der Waals surface area (Å²) in [6, 6.07) is 16.9. The number of aryl methyl sites for hydroxylation is 1. The Morgan fingerprint density at radius 1 is 1.06 bits per heavy atom. The second-order valence-corrected chi connectivity index (χ2v) is 4.41. The molecule has 3 heteroatoms. The number of anilines is 1. The number of rotatable bonds is 3. The van der Waals surface area contributed by atoms with Crippen molar-refractivity contribution in [1.82, 2.24) is 9.78 Å². The average molecular weight is 237 g/mol. The topological polar surface area (TPSA) is 29.9 Å². The molecule has 0 unspecified atom stereocenters. The number of hydrogen-bond acceptors (Lipinski definition) is 2. The predicted octanol–water partition coefficient (Wildman–Crippen LogP) is 3.19. The van der Waals surface area contributed by atoms with E-state index in [4.69, 9.17) is 0 Å². The van der Waals surface area contributed by atoms with Gasteiger partial charge in [-0.2, -0.15) is 5.10 Å². The van der Waals surface area contributed by atoms with E-state index in [1.54, 1.807) is 4.68 Å². The fraction of sp³-hybridized carbons (Fsp3) is 0.133. The molecule has 0 atom stereocenters. The summed E-state index contributed by atoms with van der Waals surface area (Å²) in [7, 11) is 1.92. The minimum atomic E-state index is 0.793. The van der Waals surface area contributed by atoms with Crippen LogP contribution < -0.4 is 5.32 Å². The van der Waals surface area contributed by atoms with Crippen molar-refractivity contribution in [2.24, 2.45) is 7.05 Å². The van der Waals surface area contributed by atoms with Crippen molar-refractivity contribution in [2.45, 2.75) is 6.54 Å². The van der Waals surface area contributed by atoms with Crippen LogP contribution in [-0.4, -0.2) is 9.78 Å². The second-order valence-electron chi connectivity index (χ2n) is 4.41. The van der Waals surface area contributed by atoms with Gasteiger partial charge in [-0.3, -0.25) is 4.68 Å². The molecule has 0 aliphatic rings. The molecule has 90 valence electrons. The smallest absolute Gasteiger partial charge is 0.148 e. The number of fused-ring (bicyclic) bond motifs is 1. The van der Waals surface area contributed by atoms with Gasteiger partial charge >= 0.3 is 0 Å². The van der Waals surface area contributed by atoms with Crippen LogP contribution >= 0.6 is 0 Å². The van der Waals surface area contributed by atoms with E-state index < -0.39 is 0 Å². The molecule has 0 aliphatic carbocycles. The lowest BCUT2D eigenvalue weighted by atomic mass is 10.1. The Hall–Kier alpha value is -2.29. The van der Waals surface area contributed by atoms with E-state index >= 15 is 0 Å². The molecule has 0 fully saturated rings. The number of benzene rings is 2. The van der Waals surface area contributed by atoms with Crippen molar-refractivity contribution in [2.75, 3.05) is 5.32 Å². The maximum absolute atomic E-state index is 4.29. The molecular formula is C15H15N3.